The van der Waals surface area contributed by atoms with E-state index in [9.17, 15) is 9.59 Å². The Morgan fingerprint density at radius 1 is 1.41 bits per heavy atom. The van der Waals surface area contributed by atoms with Gasteiger partial charge in [-0.25, -0.2) is 0 Å². The zero-order valence-electron chi connectivity index (χ0n) is 10.2. The van der Waals surface area contributed by atoms with Gasteiger partial charge in [0, 0.05) is 13.1 Å². The first-order chi connectivity index (χ1) is 8.09. The van der Waals surface area contributed by atoms with E-state index in [0.29, 0.717) is 0 Å². The molecule has 92 valence electrons. The molecule has 2 aliphatic rings. The smallest absolute Gasteiger partial charge is 0.240 e. The molecule has 4 heteroatoms. The summed E-state index contributed by atoms with van der Waals surface area (Å²) >= 11 is 0. The molecule has 17 heavy (non-hydrogen) atoms. The SMILES string of the molecule is COC1=CC=C[C@](C)(C(=O)N2CCCC2)C1=O. The summed E-state index contributed by atoms with van der Waals surface area (Å²) in [7, 11) is 1.45. The van der Waals surface area contributed by atoms with Gasteiger partial charge in [0.05, 0.1) is 7.11 Å². The van der Waals surface area contributed by atoms with Gasteiger partial charge in [0.1, 0.15) is 5.41 Å². The highest BCUT2D eigenvalue weighted by atomic mass is 16.5. The Hall–Kier alpha value is -1.58. The van der Waals surface area contributed by atoms with Gasteiger partial charge in [-0.2, -0.15) is 0 Å². The Morgan fingerprint density at radius 2 is 2.06 bits per heavy atom. The summed E-state index contributed by atoms with van der Waals surface area (Å²) in [6.45, 7) is 3.17. The number of carbonyl (C=O) groups is 2. The second-order valence-corrected chi connectivity index (χ2v) is 4.62. The van der Waals surface area contributed by atoms with E-state index in [2.05, 4.69) is 0 Å². The fraction of sp³-hybridized carbons (Fsp3) is 0.538. The molecule has 1 fully saturated rings. The first-order valence-corrected chi connectivity index (χ1v) is 5.87. The molecule has 1 saturated heterocycles. The molecular formula is C13H17NO3. The molecule has 1 aliphatic carbocycles. The summed E-state index contributed by atoms with van der Waals surface area (Å²) in [4.78, 5) is 26.3. The van der Waals surface area contributed by atoms with Gasteiger partial charge < -0.3 is 9.64 Å². The van der Waals surface area contributed by atoms with Gasteiger partial charge in [-0.3, -0.25) is 9.59 Å². The molecule has 0 unspecified atom stereocenters. The molecule has 2 rings (SSSR count). The largest absolute Gasteiger partial charge is 0.493 e. The van der Waals surface area contributed by atoms with Crippen molar-refractivity contribution in [3.05, 3.63) is 24.0 Å². The van der Waals surface area contributed by atoms with E-state index in [0.717, 1.165) is 25.9 Å². The Morgan fingerprint density at radius 3 is 2.65 bits per heavy atom. The van der Waals surface area contributed by atoms with Crippen LogP contribution in [0.1, 0.15) is 19.8 Å². The van der Waals surface area contributed by atoms with Gasteiger partial charge in [0.25, 0.3) is 0 Å². The molecule has 0 bridgehead atoms. The van der Waals surface area contributed by atoms with Gasteiger partial charge in [0.2, 0.25) is 11.7 Å². The summed E-state index contributed by atoms with van der Waals surface area (Å²) in [6, 6.07) is 0. The van der Waals surface area contributed by atoms with Crippen LogP contribution >= 0.6 is 0 Å². The zero-order valence-corrected chi connectivity index (χ0v) is 10.2. The Labute approximate surface area is 101 Å². The van der Waals surface area contributed by atoms with Gasteiger partial charge in [-0.15, -0.1) is 0 Å². The fourth-order valence-electron chi connectivity index (χ4n) is 2.31. The molecule has 1 heterocycles. The van der Waals surface area contributed by atoms with Crippen molar-refractivity contribution in [2.45, 2.75) is 19.8 Å². The van der Waals surface area contributed by atoms with E-state index in [1.165, 1.54) is 7.11 Å². The van der Waals surface area contributed by atoms with Crippen LogP contribution in [0.2, 0.25) is 0 Å². The second kappa shape index (κ2) is 4.35. The number of allylic oxidation sites excluding steroid dienone is 3. The Balaban J connectivity index is 2.24. The predicted octanol–water partition coefficient (Wildman–Crippen LogP) is 1.28. The maximum atomic E-state index is 12.4. The van der Waals surface area contributed by atoms with Crippen molar-refractivity contribution in [1.29, 1.82) is 0 Å². The highest BCUT2D eigenvalue weighted by molar-refractivity contribution is 6.15. The van der Waals surface area contributed by atoms with E-state index < -0.39 is 5.41 Å². The average molecular weight is 235 g/mol. The molecule has 1 aliphatic heterocycles. The number of rotatable bonds is 2. The number of Topliss-reactive ketones (excluding diaryl/α,β-unsaturated/α-hetero) is 1. The van der Waals surface area contributed by atoms with Crippen molar-refractivity contribution in [3.8, 4) is 0 Å². The third-order valence-corrected chi connectivity index (χ3v) is 3.43. The molecule has 0 N–H and O–H groups in total. The molecular weight excluding hydrogens is 218 g/mol. The maximum absolute atomic E-state index is 12.4. The molecule has 0 aromatic heterocycles. The maximum Gasteiger partial charge on any atom is 0.240 e. The minimum absolute atomic E-state index is 0.112. The van der Waals surface area contributed by atoms with Crippen LogP contribution in [-0.4, -0.2) is 36.8 Å². The lowest BCUT2D eigenvalue weighted by molar-refractivity contribution is -0.144. The second-order valence-electron chi connectivity index (χ2n) is 4.62. The number of methoxy groups -OCH3 is 1. The number of amides is 1. The van der Waals surface area contributed by atoms with Crippen LogP contribution in [0.5, 0.6) is 0 Å². The lowest BCUT2D eigenvalue weighted by atomic mass is 9.80. The first kappa shape index (κ1) is 11.9. The van der Waals surface area contributed by atoms with E-state index in [1.807, 2.05) is 0 Å². The van der Waals surface area contributed by atoms with Crippen LogP contribution in [0.15, 0.2) is 24.0 Å². The van der Waals surface area contributed by atoms with Crippen molar-refractivity contribution in [2.24, 2.45) is 5.41 Å². The Kier molecular flexibility index (Phi) is 3.05. The topological polar surface area (TPSA) is 46.6 Å². The lowest BCUT2D eigenvalue weighted by Gasteiger charge is -2.30. The minimum atomic E-state index is -1.09. The predicted molar refractivity (Wildman–Crippen MR) is 63.2 cm³/mol. The number of nitrogens with zero attached hydrogens (tertiary/aromatic N) is 1. The molecule has 0 saturated carbocycles. The normalized spacial score (nSPS) is 28.2. The molecule has 1 atom stereocenters. The van der Waals surface area contributed by atoms with Crippen LogP contribution in [0, 0.1) is 5.41 Å². The number of ketones is 1. The molecule has 0 spiro atoms. The van der Waals surface area contributed by atoms with Gasteiger partial charge >= 0.3 is 0 Å². The number of ether oxygens (including phenoxy) is 1. The number of likely N-dealkylation sites (tertiary alicyclic amines) is 1. The first-order valence-electron chi connectivity index (χ1n) is 5.87. The van der Waals surface area contributed by atoms with E-state index in [-0.39, 0.29) is 17.4 Å². The minimum Gasteiger partial charge on any atom is -0.493 e. The zero-order chi connectivity index (χ0) is 12.5. The third-order valence-electron chi connectivity index (χ3n) is 3.43. The van der Waals surface area contributed by atoms with E-state index >= 15 is 0 Å². The fourth-order valence-corrected chi connectivity index (χ4v) is 2.31. The van der Waals surface area contributed by atoms with Crippen molar-refractivity contribution in [3.63, 3.8) is 0 Å². The summed E-state index contributed by atoms with van der Waals surface area (Å²) < 4.78 is 5.00. The van der Waals surface area contributed by atoms with Crippen molar-refractivity contribution in [2.75, 3.05) is 20.2 Å². The quantitative estimate of drug-likeness (QED) is 0.677. The van der Waals surface area contributed by atoms with Crippen LogP contribution in [0.25, 0.3) is 0 Å². The molecule has 1 amide bonds. The number of hydrogen-bond donors (Lipinski definition) is 0. The molecule has 0 radical (unpaired) electrons. The van der Waals surface area contributed by atoms with Gasteiger partial charge in [-0.05, 0) is 25.8 Å². The Bertz CT molecular complexity index is 405. The summed E-state index contributed by atoms with van der Waals surface area (Å²) in [6.07, 6.45) is 7.02. The average Bonchev–Trinajstić information content (AvgIpc) is 2.85. The van der Waals surface area contributed by atoms with Crippen molar-refractivity contribution >= 4 is 11.7 Å². The number of hydrogen-bond acceptors (Lipinski definition) is 3. The van der Waals surface area contributed by atoms with Crippen LogP contribution in [0.3, 0.4) is 0 Å². The van der Waals surface area contributed by atoms with Crippen LogP contribution in [0.4, 0.5) is 0 Å². The van der Waals surface area contributed by atoms with Gasteiger partial charge in [0.15, 0.2) is 5.76 Å². The molecule has 0 aromatic carbocycles. The van der Waals surface area contributed by atoms with Crippen molar-refractivity contribution in [1.82, 2.24) is 4.90 Å². The lowest BCUT2D eigenvalue weighted by Crippen LogP contribution is -2.46. The van der Waals surface area contributed by atoms with Crippen LogP contribution in [-0.2, 0) is 14.3 Å². The van der Waals surface area contributed by atoms with Crippen LogP contribution < -0.4 is 0 Å². The number of carbonyl (C=O) groups excluding carboxylic acids is 2. The highest BCUT2D eigenvalue weighted by Gasteiger charge is 2.44. The van der Waals surface area contributed by atoms with E-state index in [1.54, 1.807) is 30.1 Å². The highest BCUT2D eigenvalue weighted by Crippen LogP contribution is 2.31. The summed E-state index contributed by atoms with van der Waals surface area (Å²) in [5.41, 5.74) is -1.09. The third kappa shape index (κ3) is 1.88. The summed E-state index contributed by atoms with van der Waals surface area (Å²) in [5.74, 6) is -0.110. The monoisotopic (exact) mass is 235 g/mol. The van der Waals surface area contributed by atoms with Crippen molar-refractivity contribution < 1.29 is 14.3 Å². The molecule has 4 nitrogen and oxygen atoms in total. The van der Waals surface area contributed by atoms with Gasteiger partial charge in [-0.1, -0.05) is 12.2 Å². The molecule has 0 aromatic rings. The summed E-state index contributed by atoms with van der Waals surface area (Å²) in [5, 5.41) is 0. The standard InChI is InChI=1S/C13H17NO3/c1-13(12(16)14-8-3-4-9-14)7-5-6-10(17-2)11(13)15/h5-7H,3-4,8-9H2,1-2H3/t13-/m0/s1. The van der Waals surface area contributed by atoms with E-state index in [4.69, 9.17) is 4.74 Å².